The largest absolute Gasteiger partial charge is 0.212 e. The van der Waals surface area contributed by atoms with Gasteiger partial charge in [-0.2, -0.15) is 0 Å². The zero-order chi connectivity index (χ0) is 12.1. The molecule has 2 aliphatic rings. The zero-order valence-electron chi connectivity index (χ0n) is 10.7. The molecule has 0 aromatic rings. The van der Waals surface area contributed by atoms with E-state index in [4.69, 9.17) is 0 Å². The second kappa shape index (κ2) is 6.19. The molecule has 17 heavy (non-hydrogen) atoms. The highest BCUT2D eigenvalue weighted by Gasteiger charge is 2.24. The lowest BCUT2D eigenvalue weighted by Crippen LogP contribution is -2.39. The quantitative estimate of drug-likeness (QED) is 0.844. The Labute approximate surface area is 105 Å². The number of hydrogen-bond donors (Lipinski definition) is 1. The lowest BCUT2D eigenvalue weighted by atomic mass is 9.91. The molecule has 0 bridgehead atoms. The first-order chi connectivity index (χ1) is 8.16. The normalized spacial score (nSPS) is 24.9. The van der Waals surface area contributed by atoms with Crippen LogP contribution < -0.4 is 4.72 Å². The number of rotatable bonds is 4. The molecule has 0 unspecified atom stereocenters. The van der Waals surface area contributed by atoms with E-state index in [9.17, 15) is 8.42 Å². The van der Waals surface area contributed by atoms with Crippen LogP contribution in [0.1, 0.15) is 64.2 Å². The molecule has 0 aromatic heterocycles. The van der Waals surface area contributed by atoms with E-state index in [0.717, 1.165) is 25.7 Å². The van der Waals surface area contributed by atoms with Crippen LogP contribution in [0.5, 0.6) is 0 Å². The van der Waals surface area contributed by atoms with Gasteiger partial charge in [0.05, 0.1) is 5.75 Å². The SMILES string of the molecule is O=S(=O)(CC1CCCCC1)NC1CCCCC1. The lowest BCUT2D eigenvalue weighted by Gasteiger charge is -2.25. The van der Waals surface area contributed by atoms with E-state index < -0.39 is 10.0 Å². The Morgan fingerprint density at radius 3 is 1.94 bits per heavy atom. The van der Waals surface area contributed by atoms with E-state index in [2.05, 4.69) is 4.72 Å². The van der Waals surface area contributed by atoms with Gasteiger partial charge >= 0.3 is 0 Å². The van der Waals surface area contributed by atoms with Crippen LogP contribution in [0.15, 0.2) is 0 Å². The van der Waals surface area contributed by atoms with Crippen LogP contribution in [-0.2, 0) is 10.0 Å². The summed E-state index contributed by atoms with van der Waals surface area (Å²) in [6.07, 6.45) is 11.6. The maximum absolute atomic E-state index is 12.1. The maximum atomic E-state index is 12.1. The summed E-state index contributed by atoms with van der Waals surface area (Å²) in [6.45, 7) is 0. The van der Waals surface area contributed by atoms with Crippen molar-refractivity contribution < 1.29 is 8.42 Å². The van der Waals surface area contributed by atoms with Gasteiger partial charge in [0.15, 0.2) is 0 Å². The standard InChI is InChI=1S/C13H25NO2S/c15-17(16,11-12-7-3-1-4-8-12)14-13-9-5-2-6-10-13/h12-14H,1-11H2. The highest BCUT2D eigenvalue weighted by molar-refractivity contribution is 7.89. The van der Waals surface area contributed by atoms with Gasteiger partial charge in [-0.1, -0.05) is 38.5 Å². The molecule has 2 saturated carbocycles. The summed E-state index contributed by atoms with van der Waals surface area (Å²) in [7, 11) is -3.03. The third-order valence-corrected chi connectivity index (χ3v) is 5.73. The van der Waals surface area contributed by atoms with Crippen LogP contribution in [0.4, 0.5) is 0 Å². The molecule has 0 radical (unpaired) electrons. The number of hydrogen-bond acceptors (Lipinski definition) is 2. The molecule has 0 aromatic carbocycles. The zero-order valence-corrected chi connectivity index (χ0v) is 11.5. The first kappa shape index (κ1) is 13.3. The smallest absolute Gasteiger partial charge is 0.212 e. The third-order valence-electron chi connectivity index (χ3n) is 4.13. The molecule has 2 aliphatic carbocycles. The van der Waals surface area contributed by atoms with Gasteiger partial charge in [0.1, 0.15) is 0 Å². The second-order valence-corrected chi connectivity index (χ2v) is 7.54. The van der Waals surface area contributed by atoms with E-state index >= 15 is 0 Å². The Morgan fingerprint density at radius 1 is 0.824 bits per heavy atom. The molecule has 0 spiro atoms. The minimum absolute atomic E-state index is 0.220. The Kier molecular flexibility index (Phi) is 4.86. The molecule has 2 fully saturated rings. The predicted octanol–water partition coefficient (Wildman–Crippen LogP) is 2.82. The van der Waals surface area contributed by atoms with Crippen LogP contribution in [-0.4, -0.2) is 20.2 Å². The fraction of sp³-hybridized carbons (Fsp3) is 1.00. The molecule has 100 valence electrons. The Bertz CT molecular complexity index is 288. The van der Waals surface area contributed by atoms with Crippen LogP contribution in [0, 0.1) is 5.92 Å². The summed E-state index contributed by atoms with van der Waals surface area (Å²) in [6, 6.07) is 0.220. The van der Waals surface area contributed by atoms with Crippen molar-refractivity contribution in [2.45, 2.75) is 70.3 Å². The van der Waals surface area contributed by atoms with Gasteiger partial charge in [-0.15, -0.1) is 0 Å². The summed E-state index contributed by atoms with van der Waals surface area (Å²) >= 11 is 0. The highest BCUT2D eigenvalue weighted by Crippen LogP contribution is 2.25. The fourth-order valence-electron chi connectivity index (χ4n) is 3.19. The molecule has 0 saturated heterocycles. The van der Waals surface area contributed by atoms with E-state index in [-0.39, 0.29) is 6.04 Å². The van der Waals surface area contributed by atoms with Crippen molar-refractivity contribution in [1.29, 1.82) is 0 Å². The van der Waals surface area contributed by atoms with Gasteiger partial charge in [-0.25, -0.2) is 13.1 Å². The van der Waals surface area contributed by atoms with Crippen molar-refractivity contribution >= 4 is 10.0 Å². The van der Waals surface area contributed by atoms with Crippen molar-refractivity contribution in [3.8, 4) is 0 Å². The first-order valence-corrected chi connectivity index (χ1v) is 8.81. The average Bonchev–Trinajstić information content (AvgIpc) is 2.30. The molecule has 0 amide bonds. The summed E-state index contributed by atoms with van der Waals surface area (Å²) < 4.78 is 27.0. The van der Waals surface area contributed by atoms with Crippen molar-refractivity contribution in [2.75, 3.05) is 5.75 Å². The number of nitrogens with one attached hydrogen (secondary N) is 1. The van der Waals surface area contributed by atoms with Crippen LogP contribution in [0.3, 0.4) is 0 Å². The van der Waals surface area contributed by atoms with Gasteiger partial charge in [-0.3, -0.25) is 0 Å². The van der Waals surface area contributed by atoms with Gasteiger partial charge < -0.3 is 0 Å². The summed E-state index contributed by atoms with van der Waals surface area (Å²) in [4.78, 5) is 0. The van der Waals surface area contributed by atoms with Crippen LogP contribution >= 0.6 is 0 Å². The first-order valence-electron chi connectivity index (χ1n) is 7.16. The van der Waals surface area contributed by atoms with Gasteiger partial charge in [-0.05, 0) is 31.6 Å². The molecule has 0 heterocycles. The molecule has 2 rings (SSSR count). The highest BCUT2D eigenvalue weighted by atomic mass is 32.2. The molecular formula is C13H25NO2S. The Hall–Kier alpha value is -0.0900. The van der Waals surface area contributed by atoms with E-state index in [1.165, 1.54) is 38.5 Å². The molecule has 1 N–H and O–H groups in total. The maximum Gasteiger partial charge on any atom is 0.212 e. The second-order valence-electron chi connectivity index (χ2n) is 5.74. The van der Waals surface area contributed by atoms with E-state index in [1.54, 1.807) is 0 Å². The van der Waals surface area contributed by atoms with Crippen LogP contribution in [0.2, 0.25) is 0 Å². The van der Waals surface area contributed by atoms with Crippen molar-refractivity contribution in [3.63, 3.8) is 0 Å². The lowest BCUT2D eigenvalue weighted by molar-refractivity contribution is 0.377. The number of sulfonamides is 1. The van der Waals surface area contributed by atoms with Crippen LogP contribution in [0.25, 0.3) is 0 Å². The Morgan fingerprint density at radius 2 is 1.35 bits per heavy atom. The van der Waals surface area contributed by atoms with Crippen molar-refractivity contribution in [2.24, 2.45) is 5.92 Å². The monoisotopic (exact) mass is 259 g/mol. The predicted molar refractivity (Wildman–Crippen MR) is 70.4 cm³/mol. The topological polar surface area (TPSA) is 46.2 Å². The molecule has 0 atom stereocenters. The summed E-state index contributed by atoms with van der Waals surface area (Å²) in [5.74, 6) is 0.772. The minimum atomic E-state index is -3.03. The summed E-state index contributed by atoms with van der Waals surface area (Å²) in [5.41, 5.74) is 0. The average molecular weight is 259 g/mol. The van der Waals surface area contributed by atoms with Gasteiger partial charge in [0.2, 0.25) is 10.0 Å². The summed E-state index contributed by atoms with van der Waals surface area (Å²) in [5, 5.41) is 0. The van der Waals surface area contributed by atoms with E-state index in [0.29, 0.717) is 11.7 Å². The van der Waals surface area contributed by atoms with Gasteiger partial charge in [0.25, 0.3) is 0 Å². The van der Waals surface area contributed by atoms with Crippen molar-refractivity contribution in [1.82, 2.24) is 4.72 Å². The molecule has 4 heteroatoms. The Balaban J connectivity index is 1.80. The fourth-order valence-corrected chi connectivity index (χ4v) is 4.98. The van der Waals surface area contributed by atoms with Gasteiger partial charge in [0, 0.05) is 6.04 Å². The third kappa shape index (κ3) is 4.59. The molecular weight excluding hydrogens is 234 g/mol. The van der Waals surface area contributed by atoms with Crippen molar-refractivity contribution in [3.05, 3.63) is 0 Å². The minimum Gasteiger partial charge on any atom is -0.212 e. The molecule has 3 nitrogen and oxygen atoms in total. The molecule has 0 aliphatic heterocycles. The van der Waals surface area contributed by atoms with E-state index in [1.807, 2.05) is 0 Å².